The van der Waals surface area contributed by atoms with Gasteiger partial charge in [0.1, 0.15) is 0 Å². The molecule has 0 bridgehead atoms. The van der Waals surface area contributed by atoms with Crippen LogP contribution < -0.4 is 0 Å². The highest BCUT2D eigenvalue weighted by atomic mass is 16.5. The van der Waals surface area contributed by atoms with Gasteiger partial charge in [-0.3, -0.25) is 4.90 Å². The van der Waals surface area contributed by atoms with Gasteiger partial charge >= 0.3 is 0 Å². The van der Waals surface area contributed by atoms with E-state index in [0.717, 1.165) is 26.1 Å². The van der Waals surface area contributed by atoms with Gasteiger partial charge < -0.3 is 9.84 Å². The molecule has 1 heterocycles. The van der Waals surface area contributed by atoms with E-state index in [1.165, 1.54) is 0 Å². The fourth-order valence-corrected chi connectivity index (χ4v) is 1.79. The SMILES string of the molecule is CCC(O)C(C)N(C)C1CCOC1. The molecule has 13 heavy (non-hydrogen) atoms. The van der Waals surface area contributed by atoms with Gasteiger partial charge in [-0.25, -0.2) is 0 Å². The van der Waals surface area contributed by atoms with Crippen molar-refractivity contribution in [2.75, 3.05) is 20.3 Å². The highest BCUT2D eigenvalue weighted by molar-refractivity contribution is 4.80. The smallest absolute Gasteiger partial charge is 0.0690 e. The molecule has 1 rings (SSSR count). The average molecular weight is 187 g/mol. The summed E-state index contributed by atoms with van der Waals surface area (Å²) >= 11 is 0. The van der Waals surface area contributed by atoms with Crippen molar-refractivity contribution in [3.8, 4) is 0 Å². The summed E-state index contributed by atoms with van der Waals surface area (Å²) in [6, 6.07) is 0.730. The Morgan fingerprint density at radius 1 is 1.62 bits per heavy atom. The third kappa shape index (κ3) is 2.66. The summed E-state index contributed by atoms with van der Waals surface area (Å²) in [5.41, 5.74) is 0. The fourth-order valence-electron chi connectivity index (χ4n) is 1.79. The first-order chi connectivity index (χ1) is 6.16. The van der Waals surface area contributed by atoms with Crippen LogP contribution in [0, 0.1) is 0 Å². The van der Waals surface area contributed by atoms with Gasteiger partial charge in [-0.2, -0.15) is 0 Å². The molecular weight excluding hydrogens is 166 g/mol. The van der Waals surface area contributed by atoms with Gasteiger partial charge in [0, 0.05) is 18.7 Å². The number of hydrogen-bond acceptors (Lipinski definition) is 3. The van der Waals surface area contributed by atoms with Gasteiger partial charge in [0.25, 0.3) is 0 Å². The molecule has 1 aliphatic heterocycles. The molecule has 3 heteroatoms. The first-order valence-corrected chi connectivity index (χ1v) is 5.14. The molecular formula is C10H21NO2. The highest BCUT2D eigenvalue weighted by Crippen LogP contribution is 2.15. The zero-order valence-electron chi connectivity index (χ0n) is 8.86. The molecule has 3 nitrogen and oxygen atoms in total. The fraction of sp³-hybridized carbons (Fsp3) is 1.00. The summed E-state index contributed by atoms with van der Waals surface area (Å²) in [4.78, 5) is 2.24. The molecule has 1 aliphatic rings. The molecule has 0 aromatic rings. The molecule has 0 spiro atoms. The van der Waals surface area contributed by atoms with Crippen LogP contribution in [0.4, 0.5) is 0 Å². The third-order valence-electron chi connectivity index (χ3n) is 3.10. The van der Waals surface area contributed by atoms with E-state index >= 15 is 0 Å². The lowest BCUT2D eigenvalue weighted by Gasteiger charge is -2.32. The Bertz CT molecular complexity index is 146. The first kappa shape index (κ1) is 11.0. The zero-order chi connectivity index (χ0) is 9.84. The van der Waals surface area contributed by atoms with E-state index in [2.05, 4.69) is 18.9 Å². The number of nitrogens with zero attached hydrogens (tertiary/aromatic N) is 1. The number of hydrogen-bond donors (Lipinski definition) is 1. The monoisotopic (exact) mass is 187 g/mol. The lowest BCUT2D eigenvalue weighted by molar-refractivity contribution is 0.0434. The Morgan fingerprint density at radius 3 is 2.77 bits per heavy atom. The van der Waals surface area contributed by atoms with E-state index in [1.54, 1.807) is 0 Å². The lowest BCUT2D eigenvalue weighted by atomic mass is 10.1. The molecule has 0 saturated carbocycles. The van der Waals surface area contributed by atoms with Crippen LogP contribution in [0.2, 0.25) is 0 Å². The van der Waals surface area contributed by atoms with Crippen LogP contribution in [0.1, 0.15) is 26.7 Å². The van der Waals surface area contributed by atoms with Crippen LogP contribution in [0.25, 0.3) is 0 Å². The van der Waals surface area contributed by atoms with Crippen LogP contribution in [0.15, 0.2) is 0 Å². The zero-order valence-corrected chi connectivity index (χ0v) is 8.86. The van der Waals surface area contributed by atoms with E-state index in [-0.39, 0.29) is 12.1 Å². The van der Waals surface area contributed by atoms with Gasteiger partial charge in [0.2, 0.25) is 0 Å². The van der Waals surface area contributed by atoms with E-state index in [0.29, 0.717) is 6.04 Å². The van der Waals surface area contributed by atoms with Crippen LogP contribution in [0.3, 0.4) is 0 Å². The largest absolute Gasteiger partial charge is 0.392 e. The van der Waals surface area contributed by atoms with Crippen molar-refractivity contribution in [1.29, 1.82) is 0 Å². The number of aliphatic hydroxyl groups excluding tert-OH is 1. The second kappa shape index (κ2) is 4.94. The molecule has 0 amide bonds. The van der Waals surface area contributed by atoms with Crippen LogP contribution in [-0.4, -0.2) is 48.5 Å². The van der Waals surface area contributed by atoms with Crippen molar-refractivity contribution in [2.45, 2.75) is 44.9 Å². The summed E-state index contributed by atoms with van der Waals surface area (Å²) in [5, 5.41) is 9.67. The molecule has 3 atom stereocenters. The van der Waals surface area contributed by atoms with E-state index < -0.39 is 0 Å². The van der Waals surface area contributed by atoms with Crippen LogP contribution >= 0.6 is 0 Å². The second-order valence-corrected chi connectivity index (χ2v) is 3.90. The number of likely N-dealkylation sites (N-methyl/N-ethyl adjacent to an activating group) is 1. The van der Waals surface area contributed by atoms with Gasteiger partial charge in [-0.05, 0) is 26.8 Å². The molecule has 1 fully saturated rings. The van der Waals surface area contributed by atoms with Crippen molar-refractivity contribution in [2.24, 2.45) is 0 Å². The van der Waals surface area contributed by atoms with E-state index in [9.17, 15) is 5.11 Å². The Kier molecular flexibility index (Phi) is 4.16. The summed E-state index contributed by atoms with van der Waals surface area (Å²) in [6.45, 7) is 5.77. The lowest BCUT2D eigenvalue weighted by Crippen LogP contribution is -2.45. The van der Waals surface area contributed by atoms with Crippen molar-refractivity contribution >= 4 is 0 Å². The Hall–Kier alpha value is -0.120. The summed E-state index contributed by atoms with van der Waals surface area (Å²) in [5.74, 6) is 0. The molecule has 78 valence electrons. The average Bonchev–Trinajstić information content (AvgIpc) is 2.67. The Balaban J connectivity index is 2.40. The van der Waals surface area contributed by atoms with E-state index in [1.807, 2.05) is 6.92 Å². The summed E-state index contributed by atoms with van der Waals surface area (Å²) in [6.07, 6.45) is 1.70. The predicted molar refractivity (Wildman–Crippen MR) is 52.7 cm³/mol. The molecule has 0 aliphatic carbocycles. The van der Waals surface area contributed by atoms with E-state index in [4.69, 9.17) is 4.74 Å². The van der Waals surface area contributed by atoms with Gasteiger partial charge in [-0.15, -0.1) is 0 Å². The molecule has 0 radical (unpaired) electrons. The maximum Gasteiger partial charge on any atom is 0.0690 e. The molecule has 0 aromatic heterocycles. The maximum absolute atomic E-state index is 9.67. The Morgan fingerprint density at radius 2 is 2.31 bits per heavy atom. The standard InChI is InChI=1S/C10H21NO2/c1-4-10(12)8(2)11(3)9-5-6-13-7-9/h8-10,12H,4-7H2,1-3H3. The molecule has 0 aromatic carbocycles. The third-order valence-corrected chi connectivity index (χ3v) is 3.10. The quantitative estimate of drug-likeness (QED) is 0.708. The minimum Gasteiger partial charge on any atom is -0.392 e. The number of rotatable bonds is 4. The first-order valence-electron chi connectivity index (χ1n) is 5.14. The highest BCUT2D eigenvalue weighted by Gasteiger charge is 2.26. The summed E-state index contributed by atoms with van der Waals surface area (Å²) in [7, 11) is 2.07. The minimum absolute atomic E-state index is 0.217. The Labute approximate surface area is 80.7 Å². The summed E-state index contributed by atoms with van der Waals surface area (Å²) < 4.78 is 5.32. The van der Waals surface area contributed by atoms with Crippen molar-refractivity contribution in [3.05, 3.63) is 0 Å². The minimum atomic E-state index is -0.217. The molecule has 1 N–H and O–H groups in total. The van der Waals surface area contributed by atoms with Gasteiger partial charge in [0.05, 0.1) is 12.7 Å². The maximum atomic E-state index is 9.67. The van der Waals surface area contributed by atoms with Gasteiger partial charge in [0.15, 0.2) is 0 Å². The molecule has 3 unspecified atom stereocenters. The van der Waals surface area contributed by atoms with Crippen LogP contribution in [0.5, 0.6) is 0 Å². The predicted octanol–water partition coefficient (Wildman–Crippen LogP) is 0.867. The van der Waals surface area contributed by atoms with Crippen LogP contribution in [-0.2, 0) is 4.74 Å². The van der Waals surface area contributed by atoms with Crippen molar-refractivity contribution in [3.63, 3.8) is 0 Å². The topological polar surface area (TPSA) is 32.7 Å². The number of aliphatic hydroxyl groups is 1. The second-order valence-electron chi connectivity index (χ2n) is 3.90. The van der Waals surface area contributed by atoms with Crippen molar-refractivity contribution < 1.29 is 9.84 Å². The number of ether oxygens (including phenoxy) is 1. The van der Waals surface area contributed by atoms with Crippen molar-refractivity contribution in [1.82, 2.24) is 4.90 Å². The molecule has 1 saturated heterocycles. The normalized spacial score (nSPS) is 27.9. The van der Waals surface area contributed by atoms with Gasteiger partial charge in [-0.1, -0.05) is 6.92 Å².